The second-order valence-corrected chi connectivity index (χ2v) is 5.13. The SMILES string of the molecule is COC[C@@]1(C)CCC2C(C(=O)O)=NNC2C1. The molecule has 3 atom stereocenters. The van der Waals surface area contributed by atoms with E-state index in [1.54, 1.807) is 7.11 Å². The van der Waals surface area contributed by atoms with Crippen molar-refractivity contribution in [2.45, 2.75) is 32.2 Å². The van der Waals surface area contributed by atoms with E-state index < -0.39 is 5.97 Å². The summed E-state index contributed by atoms with van der Waals surface area (Å²) in [6.07, 6.45) is 2.80. The van der Waals surface area contributed by atoms with Crippen molar-refractivity contribution in [2.75, 3.05) is 13.7 Å². The molecule has 0 aromatic heterocycles. The molecule has 1 fully saturated rings. The third-order valence-electron chi connectivity index (χ3n) is 3.67. The van der Waals surface area contributed by atoms with E-state index in [-0.39, 0.29) is 17.4 Å². The Kier molecular flexibility index (Phi) is 2.88. The van der Waals surface area contributed by atoms with Gasteiger partial charge >= 0.3 is 5.97 Å². The molecule has 0 aromatic carbocycles. The van der Waals surface area contributed by atoms with Crippen LogP contribution in [0.1, 0.15) is 26.2 Å². The van der Waals surface area contributed by atoms with Crippen LogP contribution in [-0.2, 0) is 9.53 Å². The molecule has 0 saturated heterocycles. The van der Waals surface area contributed by atoms with Gasteiger partial charge < -0.3 is 15.3 Å². The van der Waals surface area contributed by atoms with Crippen molar-refractivity contribution >= 4 is 11.7 Å². The molecule has 0 bridgehead atoms. The van der Waals surface area contributed by atoms with Crippen LogP contribution >= 0.6 is 0 Å². The van der Waals surface area contributed by atoms with Crippen LogP contribution < -0.4 is 5.43 Å². The van der Waals surface area contributed by atoms with E-state index >= 15 is 0 Å². The van der Waals surface area contributed by atoms with Gasteiger partial charge in [-0.15, -0.1) is 0 Å². The molecule has 1 heterocycles. The summed E-state index contributed by atoms with van der Waals surface area (Å²) < 4.78 is 5.23. The number of carboxylic acid groups (broad SMARTS) is 1. The third kappa shape index (κ3) is 1.91. The fourth-order valence-electron chi connectivity index (χ4n) is 2.86. The minimum Gasteiger partial charge on any atom is -0.477 e. The quantitative estimate of drug-likeness (QED) is 0.748. The molecule has 0 spiro atoms. The molecule has 0 radical (unpaired) electrons. The Morgan fingerprint density at radius 2 is 2.50 bits per heavy atom. The standard InChI is InChI=1S/C11H18N2O3/c1-11(6-16-2)4-3-7-8(5-11)12-13-9(7)10(14)15/h7-8,12H,3-6H2,1-2H3,(H,14,15)/t7?,8?,11-/m0/s1. The van der Waals surface area contributed by atoms with E-state index in [9.17, 15) is 4.79 Å². The highest BCUT2D eigenvalue weighted by molar-refractivity contribution is 6.37. The molecule has 2 unspecified atom stereocenters. The van der Waals surface area contributed by atoms with Crippen LogP contribution in [0.15, 0.2) is 5.10 Å². The summed E-state index contributed by atoms with van der Waals surface area (Å²) in [7, 11) is 1.71. The topological polar surface area (TPSA) is 70.9 Å². The Balaban J connectivity index is 2.04. The van der Waals surface area contributed by atoms with Gasteiger partial charge in [0.05, 0.1) is 12.6 Å². The summed E-state index contributed by atoms with van der Waals surface area (Å²) in [6, 6.07) is 0.167. The number of carboxylic acids is 1. The van der Waals surface area contributed by atoms with Gasteiger partial charge in [-0.05, 0) is 24.7 Å². The summed E-state index contributed by atoms with van der Waals surface area (Å²) in [5.74, 6) is -0.822. The third-order valence-corrected chi connectivity index (χ3v) is 3.67. The predicted octanol–water partition coefficient (Wildman–Crippen LogP) is 0.852. The van der Waals surface area contributed by atoms with Crippen LogP contribution in [-0.4, -0.2) is 36.5 Å². The van der Waals surface area contributed by atoms with Crippen molar-refractivity contribution in [3.05, 3.63) is 0 Å². The Bertz CT molecular complexity index is 329. The van der Waals surface area contributed by atoms with Gasteiger partial charge in [0.2, 0.25) is 0 Å². The molecule has 0 aromatic rings. The van der Waals surface area contributed by atoms with Crippen LogP contribution in [0, 0.1) is 11.3 Å². The lowest BCUT2D eigenvalue weighted by molar-refractivity contribution is -0.129. The predicted molar refractivity (Wildman–Crippen MR) is 59.3 cm³/mol. The maximum absolute atomic E-state index is 10.9. The Hall–Kier alpha value is -1.10. The van der Waals surface area contributed by atoms with Crippen molar-refractivity contribution in [1.82, 2.24) is 5.43 Å². The molecule has 16 heavy (non-hydrogen) atoms. The minimum absolute atomic E-state index is 0.0717. The van der Waals surface area contributed by atoms with Crippen LogP contribution in [0.5, 0.6) is 0 Å². The summed E-state index contributed by atoms with van der Waals surface area (Å²) in [5, 5.41) is 12.9. The van der Waals surface area contributed by atoms with Crippen molar-refractivity contribution < 1.29 is 14.6 Å². The molecule has 5 heteroatoms. The van der Waals surface area contributed by atoms with Gasteiger partial charge in [0, 0.05) is 13.0 Å². The zero-order valence-corrected chi connectivity index (χ0v) is 9.69. The minimum atomic E-state index is -0.893. The number of ether oxygens (including phenoxy) is 1. The number of methoxy groups -OCH3 is 1. The van der Waals surface area contributed by atoms with Crippen LogP contribution in [0.2, 0.25) is 0 Å². The van der Waals surface area contributed by atoms with Crippen molar-refractivity contribution in [1.29, 1.82) is 0 Å². The number of nitrogens with one attached hydrogen (secondary N) is 1. The first-order chi connectivity index (χ1) is 7.56. The fourth-order valence-corrected chi connectivity index (χ4v) is 2.86. The highest BCUT2D eigenvalue weighted by Crippen LogP contribution is 2.41. The van der Waals surface area contributed by atoms with Crippen LogP contribution in [0.25, 0.3) is 0 Å². The van der Waals surface area contributed by atoms with Crippen molar-refractivity contribution in [2.24, 2.45) is 16.4 Å². The lowest BCUT2D eigenvalue weighted by Gasteiger charge is -2.39. The van der Waals surface area contributed by atoms with Crippen LogP contribution in [0.4, 0.5) is 0 Å². The number of nitrogens with zero attached hydrogens (tertiary/aromatic N) is 1. The molecule has 5 nitrogen and oxygen atoms in total. The highest BCUT2D eigenvalue weighted by atomic mass is 16.5. The number of hydrogen-bond donors (Lipinski definition) is 2. The van der Waals surface area contributed by atoms with Gasteiger partial charge in [0.1, 0.15) is 5.71 Å². The maximum Gasteiger partial charge on any atom is 0.352 e. The number of carbonyl (C=O) groups is 1. The van der Waals surface area contributed by atoms with Crippen molar-refractivity contribution in [3.8, 4) is 0 Å². The lowest BCUT2D eigenvalue weighted by Crippen LogP contribution is -2.43. The summed E-state index contributed by atoms with van der Waals surface area (Å²) in [6.45, 7) is 2.91. The molecule has 2 rings (SSSR count). The van der Waals surface area contributed by atoms with E-state index in [1.807, 2.05) is 0 Å². The van der Waals surface area contributed by atoms with Gasteiger partial charge in [-0.1, -0.05) is 6.92 Å². The summed E-state index contributed by atoms with van der Waals surface area (Å²) >= 11 is 0. The first-order valence-corrected chi connectivity index (χ1v) is 5.61. The Labute approximate surface area is 94.9 Å². The molecule has 0 amide bonds. The smallest absolute Gasteiger partial charge is 0.352 e. The number of hydrogen-bond acceptors (Lipinski definition) is 4. The average molecular weight is 226 g/mol. The molecule has 2 N–H and O–H groups in total. The average Bonchev–Trinajstić information content (AvgIpc) is 2.60. The summed E-state index contributed by atoms with van der Waals surface area (Å²) in [4.78, 5) is 10.9. The van der Waals surface area contributed by atoms with E-state index in [1.165, 1.54) is 0 Å². The van der Waals surface area contributed by atoms with E-state index in [4.69, 9.17) is 9.84 Å². The van der Waals surface area contributed by atoms with Crippen LogP contribution in [0.3, 0.4) is 0 Å². The highest BCUT2D eigenvalue weighted by Gasteiger charge is 2.44. The number of rotatable bonds is 3. The Morgan fingerprint density at radius 3 is 3.12 bits per heavy atom. The van der Waals surface area contributed by atoms with Gasteiger partial charge in [0.25, 0.3) is 0 Å². The molecular weight excluding hydrogens is 208 g/mol. The lowest BCUT2D eigenvalue weighted by atomic mass is 9.69. The van der Waals surface area contributed by atoms with Gasteiger partial charge in [-0.2, -0.15) is 5.10 Å². The van der Waals surface area contributed by atoms with E-state index in [2.05, 4.69) is 17.5 Å². The number of aliphatic carboxylic acids is 1. The monoisotopic (exact) mass is 226 g/mol. The second-order valence-electron chi connectivity index (χ2n) is 5.13. The number of hydrazone groups is 1. The molecule has 1 saturated carbocycles. The second kappa shape index (κ2) is 4.05. The van der Waals surface area contributed by atoms with Gasteiger partial charge in [-0.3, -0.25) is 0 Å². The van der Waals surface area contributed by atoms with Crippen molar-refractivity contribution in [3.63, 3.8) is 0 Å². The maximum atomic E-state index is 10.9. The molecule has 1 aliphatic carbocycles. The van der Waals surface area contributed by atoms with E-state index in [0.29, 0.717) is 5.71 Å². The van der Waals surface area contributed by atoms with Gasteiger partial charge in [-0.25, -0.2) is 4.79 Å². The zero-order valence-electron chi connectivity index (χ0n) is 9.69. The van der Waals surface area contributed by atoms with E-state index in [0.717, 1.165) is 25.9 Å². The largest absolute Gasteiger partial charge is 0.477 e. The first-order valence-electron chi connectivity index (χ1n) is 5.61. The molecular formula is C11H18N2O3. The zero-order chi connectivity index (χ0) is 11.8. The molecule has 2 aliphatic rings. The normalized spacial score (nSPS) is 37.5. The number of fused-ring (bicyclic) bond motifs is 1. The molecule has 1 aliphatic heterocycles. The summed E-state index contributed by atoms with van der Waals surface area (Å²) in [5.41, 5.74) is 3.40. The first kappa shape index (κ1) is 11.4. The Morgan fingerprint density at radius 1 is 1.75 bits per heavy atom. The van der Waals surface area contributed by atoms with Gasteiger partial charge in [0.15, 0.2) is 0 Å². The molecule has 90 valence electrons. The fraction of sp³-hybridized carbons (Fsp3) is 0.818.